The van der Waals surface area contributed by atoms with E-state index in [0.717, 1.165) is 24.8 Å². The maximum Gasteiger partial charge on any atom is -0.0125 e. The molecule has 0 saturated carbocycles. The summed E-state index contributed by atoms with van der Waals surface area (Å²) in [5.74, 6) is 1.07. The molecule has 0 aromatic rings. The van der Waals surface area contributed by atoms with Gasteiger partial charge in [0.05, 0.1) is 0 Å². The van der Waals surface area contributed by atoms with Crippen LogP contribution in [0.25, 0.3) is 0 Å². The lowest BCUT2D eigenvalue weighted by atomic mass is 9.80. The van der Waals surface area contributed by atoms with Crippen LogP contribution in [0.15, 0.2) is 48.1 Å². The average molecular weight is 557 g/mol. The summed E-state index contributed by atoms with van der Waals surface area (Å²) in [5, 5.41) is 0. The number of hydrogen-bond donors (Lipinski definition) is 0. The fraction of sp³-hybridized carbons (Fsp3) is 0.795. The summed E-state index contributed by atoms with van der Waals surface area (Å²) in [6.07, 6.45) is 8.02. The van der Waals surface area contributed by atoms with Crippen LogP contribution in [0, 0.1) is 17.3 Å². The maximum absolute atomic E-state index is 4.32. The van der Waals surface area contributed by atoms with Gasteiger partial charge in [0.2, 0.25) is 0 Å². The molecule has 0 heteroatoms. The summed E-state index contributed by atoms with van der Waals surface area (Å²) in [5.41, 5.74) is 5.50. The first-order valence-corrected chi connectivity index (χ1v) is 16.9. The Bertz CT molecular complexity index is 431. The molecule has 0 radical (unpaired) electrons. The third kappa shape index (κ3) is 85.7. The molecule has 0 heterocycles. The van der Waals surface area contributed by atoms with E-state index in [9.17, 15) is 0 Å². The highest BCUT2D eigenvalue weighted by Gasteiger charge is 2.18. The fourth-order valence-electron chi connectivity index (χ4n) is 2.16. The van der Waals surface area contributed by atoms with Crippen LogP contribution in [-0.2, 0) is 0 Å². The Hall–Kier alpha value is -1.04. The Labute approximate surface area is 256 Å². The number of hydrogen-bond acceptors (Lipinski definition) is 0. The monoisotopic (exact) mass is 557 g/mol. The minimum absolute atomic E-state index is 0.500. The molecule has 0 N–H and O–H groups in total. The predicted molar refractivity (Wildman–Crippen MR) is 199 cm³/mol. The van der Waals surface area contributed by atoms with Crippen LogP contribution >= 0.6 is 0 Å². The Morgan fingerprint density at radius 2 is 0.872 bits per heavy atom. The molecule has 0 aromatic carbocycles. The van der Waals surface area contributed by atoms with Gasteiger partial charge in [0.15, 0.2) is 0 Å². The van der Waals surface area contributed by atoms with E-state index in [2.05, 4.69) is 116 Å². The van der Waals surface area contributed by atoms with Crippen molar-refractivity contribution in [2.75, 3.05) is 0 Å². The van der Waals surface area contributed by atoms with Crippen LogP contribution in [-0.4, -0.2) is 0 Å². The highest BCUT2D eigenvalue weighted by atomic mass is 14.2. The zero-order valence-corrected chi connectivity index (χ0v) is 32.9. The largest absolute Gasteiger partial charge is 0.100 e. The van der Waals surface area contributed by atoms with E-state index < -0.39 is 0 Å². The standard InChI is InChI=1S/C18H30.C5H12.2C3H8.5C2H6/c1-9-15(7)16(8)18(12-14(5)6)17(10-2)11-13(3)4;1-5(2,3)4;2*1-3-2;5*1-2/h12,15,17H,3,5,8-11H2,1-2,4,6-7H3;1-4H3;2*3H2,1-2H3;5*1-2H3/b18-12+;;;;;;;;/t15?,17-;;;;;;;;/m1......../s1. The van der Waals surface area contributed by atoms with Crippen LogP contribution < -0.4 is 0 Å². The summed E-state index contributed by atoms with van der Waals surface area (Å²) in [6.45, 7) is 60.5. The molecular formula is C39H88. The lowest BCUT2D eigenvalue weighted by Crippen LogP contribution is -2.10. The van der Waals surface area contributed by atoms with E-state index in [4.69, 9.17) is 0 Å². The summed E-state index contributed by atoms with van der Waals surface area (Å²) in [6, 6.07) is 0. The summed E-state index contributed by atoms with van der Waals surface area (Å²) in [7, 11) is 0. The summed E-state index contributed by atoms with van der Waals surface area (Å²) >= 11 is 0. The van der Waals surface area contributed by atoms with Gasteiger partial charge in [0, 0.05) is 0 Å². The number of rotatable bonds is 8. The first-order valence-electron chi connectivity index (χ1n) is 16.9. The molecule has 0 spiro atoms. The highest BCUT2D eigenvalue weighted by molar-refractivity contribution is 5.37. The van der Waals surface area contributed by atoms with Gasteiger partial charge < -0.3 is 0 Å². The van der Waals surface area contributed by atoms with Gasteiger partial charge in [-0.2, -0.15) is 0 Å². The third-order valence-electron chi connectivity index (χ3n) is 3.51. The molecule has 244 valence electrons. The van der Waals surface area contributed by atoms with Crippen molar-refractivity contribution in [1.82, 2.24) is 0 Å². The zero-order chi connectivity index (χ0) is 34.2. The van der Waals surface area contributed by atoms with Crippen LogP contribution in [0.4, 0.5) is 0 Å². The van der Waals surface area contributed by atoms with E-state index in [-0.39, 0.29) is 0 Å². The van der Waals surface area contributed by atoms with Gasteiger partial charge in [-0.05, 0) is 61.5 Å². The highest BCUT2D eigenvalue weighted by Crippen LogP contribution is 2.33. The van der Waals surface area contributed by atoms with Crippen molar-refractivity contribution in [2.24, 2.45) is 17.3 Å². The van der Waals surface area contributed by atoms with Gasteiger partial charge in [0.25, 0.3) is 0 Å². The molecule has 0 fully saturated rings. The topological polar surface area (TPSA) is 0 Å². The van der Waals surface area contributed by atoms with Gasteiger partial charge in [-0.15, -0.1) is 6.58 Å². The van der Waals surface area contributed by atoms with Crippen molar-refractivity contribution >= 4 is 0 Å². The Morgan fingerprint density at radius 1 is 0.615 bits per heavy atom. The van der Waals surface area contributed by atoms with Gasteiger partial charge in [-0.1, -0.05) is 189 Å². The molecule has 0 aliphatic heterocycles. The maximum atomic E-state index is 4.32. The average Bonchev–Trinajstić information content (AvgIpc) is 2.90. The van der Waals surface area contributed by atoms with Crippen molar-refractivity contribution in [1.29, 1.82) is 0 Å². The second-order valence-corrected chi connectivity index (χ2v) is 9.96. The SMILES string of the molecule is C=C(C)/C=C(\C(=C)C(C)CC)[C@H](CC)CC(=C)C.CC.CC.CC.CC.CC.CC(C)(C)C.CCC.CCC. The Morgan fingerprint density at radius 3 is 1.03 bits per heavy atom. The lowest BCUT2D eigenvalue weighted by Gasteiger charge is -2.24. The van der Waals surface area contributed by atoms with Crippen molar-refractivity contribution < 1.29 is 0 Å². The van der Waals surface area contributed by atoms with Gasteiger partial charge in [-0.3, -0.25) is 0 Å². The molecule has 0 amide bonds. The van der Waals surface area contributed by atoms with Gasteiger partial charge in [0.1, 0.15) is 0 Å². The molecule has 0 rings (SSSR count). The third-order valence-corrected chi connectivity index (χ3v) is 3.51. The molecule has 1 unspecified atom stereocenters. The first-order chi connectivity index (χ1) is 18.2. The number of allylic oxidation sites excluding steroid dienone is 5. The Kier molecular flexibility index (Phi) is 90.3. The van der Waals surface area contributed by atoms with Crippen LogP contribution in [0.5, 0.6) is 0 Å². The van der Waals surface area contributed by atoms with Crippen LogP contribution in [0.2, 0.25) is 0 Å². The molecule has 0 aromatic heterocycles. The van der Waals surface area contributed by atoms with Gasteiger partial charge in [-0.25, -0.2) is 0 Å². The quantitative estimate of drug-likeness (QED) is 0.206. The van der Waals surface area contributed by atoms with Gasteiger partial charge >= 0.3 is 0 Å². The van der Waals surface area contributed by atoms with Crippen LogP contribution in [0.1, 0.15) is 191 Å². The minimum Gasteiger partial charge on any atom is -0.100 e. The Balaban J connectivity index is -0.0000000503. The molecule has 2 atom stereocenters. The second-order valence-electron chi connectivity index (χ2n) is 9.96. The second kappa shape index (κ2) is 57.0. The normalized spacial score (nSPS) is 10.2. The summed E-state index contributed by atoms with van der Waals surface area (Å²) < 4.78 is 0. The smallest absolute Gasteiger partial charge is 0.0125 e. The molecule has 0 aliphatic rings. The fourth-order valence-corrected chi connectivity index (χ4v) is 2.16. The van der Waals surface area contributed by atoms with Crippen molar-refractivity contribution in [2.45, 2.75) is 191 Å². The van der Waals surface area contributed by atoms with E-state index in [1.807, 2.05) is 69.2 Å². The molecule has 0 nitrogen and oxygen atoms in total. The summed E-state index contributed by atoms with van der Waals surface area (Å²) in [4.78, 5) is 0. The van der Waals surface area contributed by atoms with E-state index >= 15 is 0 Å². The molecule has 39 heavy (non-hydrogen) atoms. The zero-order valence-electron chi connectivity index (χ0n) is 32.9. The van der Waals surface area contributed by atoms with E-state index in [1.54, 1.807) is 0 Å². The van der Waals surface area contributed by atoms with E-state index in [0.29, 0.717) is 17.3 Å². The lowest BCUT2D eigenvalue weighted by molar-refractivity contribution is 0.469. The minimum atomic E-state index is 0.500. The molecule has 0 aliphatic carbocycles. The molecule has 0 saturated heterocycles. The molecular weight excluding hydrogens is 468 g/mol. The predicted octanol–water partition coefficient (Wildman–Crippen LogP) is 16.1. The molecule has 0 bridgehead atoms. The van der Waals surface area contributed by atoms with Crippen molar-refractivity contribution in [3.63, 3.8) is 0 Å². The van der Waals surface area contributed by atoms with Crippen molar-refractivity contribution in [3.05, 3.63) is 48.1 Å². The van der Waals surface area contributed by atoms with E-state index in [1.165, 1.54) is 29.6 Å². The van der Waals surface area contributed by atoms with Crippen molar-refractivity contribution in [3.8, 4) is 0 Å². The van der Waals surface area contributed by atoms with Crippen LogP contribution in [0.3, 0.4) is 0 Å². The first kappa shape index (κ1) is 61.8.